The number of halogens is 1. The molecule has 0 aliphatic rings. The van der Waals surface area contributed by atoms with Gasteiger partial charge in [-0.05, 0) is 48.8 Å². The third-order valence-electron chi connectivity index (χ3n) is 2.45. The van der Waals surface area contributed by atoms with E-state index in [1.54, 1.807) is 0 Å². The fraction of sp³-hybridized carbons (Fsp3) is 0.500. The van der Waals surface area contributed by atoms with Crippen LogP contribution >= 0.6 is 15.9 Å². The van der Waals surface area contributed by atoms with Crippen molar-refractivity contribution in [3.63, 3.8) is 0 Å². The first-order chi connectivity index (χ1) is 7.95. The van der Waals surface area contributed by atoms with Crippen LogP contribution in [0.5, 0.6) is 0 Å². The zero-order chi connectivity index (χ0) is 13.0. The van der Waals surface area contributed by atoms with Crippen molar-refractivity contribution in [1.82, 2.24) is 4.98 Å². The van der Waals surface area contributed by atoms with E-state index in [1.165, 1.54) is 7.11 Å². The van der Waals surface area contributed by atoms with E-state index < -0.39 is 0 Å². The second-order valence-corrected chi connectivity index (χ2v) is 4.89. The van der Waals surface area contributed by atoms with E-state index in [9.17, 15) is 4.79 Å². The first kappa shape index (κ1) is 14.0. The molecular weight excluding hydrogens is 284 g/mol. The first-order valence-electron chi connectivity index (χ1n) is 5.42. The van der Waals surface area contributed by atoms with Crippen molar-refractivity contribution in [3.05, 3.63) is 22.3 Å². The van der Waals surface area contributed by atoms with Crippen molar-refractivity contribution in [2.75, 3.05) is 18.6 Å². The summed E-state index contributed by atoms with van der Waals surface area (Å²) in [5.74, 6) is 0.521. The van der Waals surface area contributed by atoms with Crippen molar-refractivity contribution >= 4 is 27.7 Å². The molecule has 0 spiro atoms. The van der Waals surface area contributed by atoms with Crippen LogP contribution in [0, 0.1) is 6.92 Å². The normalized spacial score (nSPS) is 10.5. The molecule has 17 heavy (non-hydrogen) atoms. The van der Waals surface area contributed by atoms with Gasteiger partial charge in [0.2, 0.25) is 0 Å². The maximum absolute atomic E-state index is 11.4. The van der Waals surface area contributed by atoms with Gasteiger partial charge >= 0.3 is 5.97 Å². The number of methoxy groups -OCH3 is 1. The van der Waals surface area contributed by atoms with Crippen LogP contribution < -0.4 is 4.90 Å². The standard InChI is InChI=1S/C12H17BrN2O2/c1-8(2)15(7-12(16)17-4)11-6-5-10(13)9(3)14-11/h5-6,8H,7H2,1-4H3. The van der Waals surface area contributed by atoms with E-state index in [0.29, 0.717) is 0 Å². The molecule has 4 nitrogen and oxygen atoms in total. The quantitative estimate of drug-likeness (QED) is 0.802. The highest BCUT2D eigenvalue weighted by Gasteiger charge is 2.16. The molecule has 0 N–H and O–H groups in total. The summed E-state index contributed by atoms with van der Waals surface area (Å²) < 4.78 is 5.65. The lowest BCUT2D eigenvalue weighted by Gasteiger charge is -2.26. The summed E-state index contributed by atoms with van der Waals surface area (Å²) in [6.45, 7) is 6.16. The van der Waals surface area contributed by atoms with Crippen LogP contribution in [-0.4, -0.2) is 30.6 Å². The van der Waals surface area contributed by atoms with E-state index in [0.717, 1.165) is 16.0 Å². The van der Waals surface area contributed by atoms with E-state index in [2.05, 4.69) is 25.7 Å². The Balaban J connectivity index is 2.97. The molecule has 0 radical (unpaired) electrons. The first-order valence-corrected chi connectivity index (χ1v) is 6.21. The molecule has 5 heteroatoms. The van der Waals surface area contributed by atoms with Gasteiger partial charge < -0.3 is 9.64 Å². The number of anilines is 1. The summed E-state index contributed by atoms with van der Waals surface area (Å²) in [4.78, 5) is 17.7. The van der Waals surface area contributed by atoms with Crippen LogP contribution in [0.2, 0.25) is 0 Å². The van der Waals surface area contributed by atoms with Gasteiger partial charge in [0.1, 0.15) is 12.4 Å². The molecule has 0 aliphatic heterocycles. The number of nitrogens with zero attached hydrogens (tertiary/aromatic N) is 2. The number of pyridine rings is 1. The number of aryl methyl sites for hydroxylation is 1. The Kier molecular flexibility index (Phi) is 4.93. The second-order valence-electron chi connectivity index (χ2n) is 4.03. The molecule has 0 saturated heterocycles. The highest BCUT2D eigenvalue weighted by atomic mass is 79.9. The van der Waals surface area contributed by atoms with E-state index in [1.807, 2.05) is 37.8 Å². The predicted octanol–water partition coefficient (Wildman–Crippen LogP) is 2.54. The number of esters is 1. The number of hydrogen-bond donors (Lipinski definition) is 0. The van der Waals surface area contributed by atoms with Crippen LogP contribution in [0.15, 0.2) is 16.6 Å². The van der Waals surface area contributed by atoms with Gasteiger partial charge in [0, 0.05) is 10.5 Å². The number of ether oxygens (including phenoxy) is 1. The van der Waals surface area contributed by atoms with Gasteiger partial charge in [-0.15, -0.1) is 0 Å². The zero-order valence-electron chi connectivity index (χ0n) is 10.5. The summed E-state index contributed by atoms with van der Waals surface area (Å²) in [7, 11) is 1.39. The average molecular weight is 301 g/mol. The Morgan fingerprint density at radius 3 is 2.65 bits per heavy atom. The summed E-state index contributed by atoms with van der Waals surface area (Å²) >= 11 is 3.41. The monoisotopic (exact) mass is 300 g/mol. The topological polar surface area (TPSA) is 42.4 Å². The van der Waals surface area contributed by atoms with E-state index in [-0.39, 0.29) is 18.6 Å². The van der Waals surface area contributed by atoms with Crippen LogP contribution in [0.1, 0.15) is 19.5 Å². The van der Waals surface area contributed by atoms with Gasteiger partial charge in [0.05, 0.1) is 12.8 Å². The highest BCUT2D eigenvalue weighted by Crippen LogP contribution is 2.20. The molecular formula is C12H17BrN2O2. The molecule has 1 aromatic rings. The average Bonchev–Trinajstić information content (AvgIpc) is 2.29. The lowest BCUT2D eigenvalue weighted by atomic mass is 10.3. The fourth-order valence-corrected chi connectivity index (χ4v) is 1.64. The number of aromatic nitrogens is 1. The zero-order valence-corrected chi connectivity index (χ0v) is 12.1. The highest BCUT2D eigenvalue weighted by molar-refractivity contribution is 9.10. The Labute approximate surface area is 110 Å². The van der Waals surface area contributed by atoms with Crippen molar-refractivity contribution in [2.24, 2.45) is 0 Å². The van der Waals surface area contributed by atoms with Crippen LogP contribution in [0.4, 0.5) is 5.82 Å². The van der Waals surface area contributed by atoms with Crippen LogP contribution in [-0.2, 0) is 9.53 Å². The van der Waals surface area contributed by atoms with Crippen molar-refractivity contribution in [2.45, 2.75) is 26.8 Å². The maximum atomic E-state index is 11.4. The van der Waals surface area contributed by atoms with Crippen molar-refractivity contribution in [1.29, 1.82) is 0 Å². The number of hydrogen-bond acceptors (Lipinski definition) is 4. The molecule has 1 heterocycles. The molecule has 0 aliphatic carbocycles. The van der Waals surface area contributed by atoms with Crippen LogP contribution in [0.25, 0.3) is 0 Å². The van der Waals surface area contributed by atoms with Crippen molar-refractivity contribution < 1.29 is 9.53 Å². The molecule has 0 aromatic carbocycles. The number of rotatable bonds is 4. The summed E-state index contributed by atoms with van der Waals surface area (Å²) in [6.07, 6.45) is 0. The Morgan fingerprint density at radius 1 is 1.53 bits per heavy atom. The van der Waals surface area contributed by atoms with Gasteiger partial charge in [0.25, 0.3) is 0 Å². The lowest BCUT2D eigenvalue weighted by molar-refractivity contribution is -0.139. The largest absolute Gasteiger partial charge is 0.468 e. The van der Waals surface area contributed by atoms with Crippen molar-refractivity contribution in [3.8, 4) is 0 Å². The van der Waals surface area contributed by atoms with Crippen LogP contribution in [0.3, 0.4) is 0 Å². The minimum absolute atomic E-state index is 0.183. The number of carbonyl (C=O) groups excluding carboxylic acids is 1. The van der Waals surface area contributed by atoms with E-state index in [4.69, 9.17) is 0 Å². The Bertz CT molecular complexity index is 407. The maximum Gasteiger partial charge on any atom is 0.325 e. The Morgan fingerprint density at radius 2 is 2.18 bits per heavy atom. The second kappa shape index (κ2) is 6.00. The molecule has 0 amide bonds. The summed E-state index contributed by atoms with van der Waals surface area (Å²) in [5.41, 5.74) is 0.901. The van der Waals surface area contributed by atoms with Gasteiger partial charge in [-0.3, -0.25) is 4.79 Å². The number of carbonyl (C=O) groups is 1. The smallest absolute Gasteiger partial charge is 0.325 e. The molecule has 0 atom stereocenters. The van der Waals surface area contributed by atoms with Gasteiger partial charge in [0.15, 0.2) is 0 Å². The lowest BCUT2D eigenvalue weighted by Crippen LogP contribution is -2.36. The third-order valence-corrected chi connectivity index (χ3v) is 3.29. The third kappa shape index (κ3) is 3.70. The molecule has 94 valence electrons. The molecule has 1 rings (SSSR count). The minimum Gasteiger partial charge on any atom is -0.468 e. The summed E-state index contributed by atoms with van der Waals surface area (Å²) in [6, 6.07) is 4.01. The molecule has 0 unspecified atom stereocenters. The van der Waals surface area contributed by atoms with E-state index >= 15 is 0 Å². The van der Waals surface area contributed by atoms with Gasteiger partial charge in [-0.1, -0.05) is 0 Å². The minimum atomic E-state index is -0.263. The van der Waals surface area contributed by atoms with Gasteiger partial charge in [-0.25, -0.2) is 4.98 Å². The summed E-state index contributed by atoms with van der Waals surface area (Å²) in [5, 5.41) is 0. The molecule has 0 fully saturated rings. The SMILES string of the molecule is COC(=O)CN(c1ccc(Br)c(C)n1)C(C)C. The fourth-order valence-electron chi connectivity index (χ4n) is 1.42. The molecule has 1 aromatic heterocycles. The Hall–Kier alpha value is -1.10. The molecule has 0 bridgehead atoms. The molecule has 0 saturated carbocycles. The predicted molar refractivity (Wildman–Crippen MR) is 71.2 cm³/mol. The van der Waals surface area contributed by atoms with Gasteiger partial charge in [-0.2, -0.15) is 0 Å².